The smallest absolute Gasteiger partial charge is 0.416 e. The average Bonchev–Trinajstić information content (AvgIpc) is 2.97. The molecule has 5 rings (SSSR count). The molecule has 8 nitrogen and oxygen atoms in total. The quantitative estimate of drug-likeness (QED) is 0.133. The zero-order chi connectivity index (χ0) is 29.8. The van der Waals surface area contributed by atoms with E-state index in [1.807, 2.05) is 0 Å². The Hall–Kier alpha value is -2.72. The third kappa shape index (κ3) is 7.08. The summed E-state index contributed by atoms with van der Waals surface area (Å²) in [6, 6.07) is 15.4. The lowest BCUT2D eigenvalue weighted by molar-refractivity contribution is -0.137. The average molecular weight is 630 g/mol. The lowest BCUT2D eigenvalue weighted by Crippen LogP contribution is -2.19. The van der Waals surface area contributed by atoms with Crippen LogP contribution in [0.15, 0.2) is 66.7 Å². The van der Waals surface area contributed by atoms with E-state index in [1.54, 1.807) is 24.3 Å². The van der Waals surface area contributed by atoms with Gasteiger partial charge in [0.1, 0.15) is 19.0 Å². The number of hydrogen-bond acceptors (Lipinski definition) is 8. The summed E-state index contributed by atoms with van der Waals surface area (Å²) in [6.45, 7) is 0.585. The molecule has 2 fully saturated rings. The second-order valence-corrected chi connectivity index (χ2v) is 14.1. The van der Waals surface area contributed by atoms with Gasteiger partial charge < -0.3 is 27.6 Å². The molecule has 0 unspecified atom stereocenters. The Morgan fingerprint density at radius 2 is 1.21 bits per heavy atom. The maximum absolute atomic E-state index is 15.1. The van der Waals surface area contributed by atoms with Crippen molar-refractivity contribution in [1.82, 2.24) is 0 Å². The molecule has 0 saturated carbocycles. The van der Waals surface area contributed by atoms with Gasteiger partial charge in [-0.1, -0.05) is 30.3 Å². The van der Waals surface area contributed by atoms with Gasteiger partial charge in [0.2, 0.25) is 0 Å². The van der Waals surface area contributed by atoms with Crippen molar-refractivity contribution in [3.8, 4) is 22.6 Å². The zero-order valence-electron chi connectivity index (χ0n) is 22.3. The fourth-order valence-electron chi connectivity index (χ4n) is 4.48. The fourth-order valence-corrected chi connectivity index (χ4v) is 9.97. The predicted octanol–water partition coefficient (Wildman–Crippen LogP) is 8.23. The van der Waals surface area contributed by atoms with Crippen molar-refractivity contribution >= 4 is 15.2 Å². The number of rotatable bonds is 9. The van der Waals surface area contributed by atoms with Crippen LogP contribution < -0.4 is 9.47 Å². The molecule has 3 aromatic carbocycles. The molecule has 0 bridgehead atoms. The first-order valence-electron chi connectivity index (χ1n) is 13.2. The summed E-state index contributed by atoms with van der Waals surface area (Å²) >= 11 is 0. The molecule has 14 heteroatoms. The minimum atomic E-state index is -4.40. The molecule has 0 N–H and O–H groups in total. The van der Waals surface area contributed by atoms with Gasteiger partial charge in [0, 0.05) is 0 Å². The van der Waals surface area contributed by atoms with Crippen LogP contribution in [0.1, 0.15) is 29.4 Å². The highest BCUT2D eigenvalue weighted by Crippen LogP contribution is 2.79. The summed E-state index contributed by atoms with van der Waals surface area (Å²) in [7, 11) is -7.99. The van der Waals surface area contributed by atoms with Crippen molar-refractivity contribution in [2.75, 3.05) is 39.6 Å². The van der Waals surface area contributed by atoms with Crippen LogP contribution >= 0.6 is 15.2 Å². The van der Waals surface area contributed by atoms with Crippen molar-refractivity contribution in [2.45, 2.75) is 24.4 Å². The SMILES string of the molecule is O=P1(C(c2ccc(OCCOc3ccc(-c4ccc(C(F)(F)F)cc4)cc3)c(F)c2)P2(=O)OCCCO2)OCCCO1. The van der Waals surface area contributed by atoms with E-state index in [9.17, 15) is 22.3 Å². The van der Waals surface area contributed by atoms with Gasteiger partial charge in [0.15, 0.2) is 17.0 Å². The minimum Gasteiger partial charge on any atom is -0.490 e. The number of halogens is 4. The number of hydrogen-bond donors (Lipinski definition) is 0. The van der Waals surface area contributed by atoms with Gasteiger partial charge in [-0.25, -0.2) is 4.39 Å². The topological polar surface area (TPSA) is 89.5 Å². The van der Waals surface area contributed by atoms with E-state index in [0.717, 1.165) is 18.2 Å². The lowest BCUT2D eigenvalue weighted by Gasteiger charge is -2.35. The molecular weight excluding hydrogens is 602 g/mol. The highest BCUT2D eigenvalue weighted by atomic mass is 31.2. The van der Waals surface area contributed by atoms with Crippen LogP contribution in [-0.2, 0) is 33.4 Å². The highest BCUT2D eigenvalue weighted by molar-refractivity contribution is 7.72. The van der Waals surface area contributed by atoms with Crippen LogP contribution in [0.5, 0.6) is 11.5 Å². The van der Waals surface area contributed by atoms with E-state index in [1.165, 1.54) is 24.3 Å². The first-order valence-corrected chi connectivity index (χ1v) is 16.4. The van der Waals surface area contributed by atoms with Gasteiger partial charge in [-0.05, 0) is 65.9 Å². The maximum atomic E-state index is 15.1. The van der Waals surface area contributed by atoms with E-state index in [2.05, 4.69) is 0 Å². The highest BCUT2D eigenvalue weighted by Gasteiger charge is 2.54. The predicted molar refractivity (Wildman–Crippen MR) is 145 cm³/mol. The second kappa shape index (κ2) is 12.9. The molecule has 2 aliphatic rings. The summed E-state index contributed by atoms with van der Waals surface area (Å²) in [6.07, 6.45) is -3.38. The van der Waals surface area contributed by atoms with Gasteiger partial charge in [-0.2, -0.15) is 13.2 Å². The first-order chi connectivity index (χ1) is 20.1. The summed E-state index contributed by atoms with van der Waals surface area (Å²) in [5.41, 5.74) is 0.700. The van der Waals surface area contributed by atoms with Gasteiger partial charge in [0.25, 0.3) is 0 Å². The van der Waals surface area contributed by atoms with E-state index < -0.39 is 38.1 Å². The largest absolute Gasteiger partial charge is 0.490 e. The molecule has 0 aromatic heterocycles. The minimum absolute atomic E-state index is 0.0181. The van der Waals surface area contributed by atoms with E-state index >= 15 is 4.39 Å². The van der Waals surface area contributed by atoms with Crippen LogP contribution in [0.4, 0.5) is 17.6 Å². The Morgan fingerprint density at radius 3 is 1.71 bits per heavy atom. The van der Waals surface area contributed by atoms with E-state index in [0.29, 0.717) is 29.7 Å². The Labute approximate surface area is 239 Å². The molecule has 0 radical (unpaired) electrons. The van der Waals surface area contributed by atoms with Crippen molar-refractivity contribution in [3.63, 3.8) is 0 Å². The summed E-state index contributed by atoms with van der Waals surface area (Å²) in [4.78, 5) is 0. The molecule has 0 amide bonds. The lowest BCUT2D eigenvalue weighted by atomic mass is 10.0. The number of alkyl halides is 3. The van der Waals surface area contributed by atoms with Crippen LogP contribution in [-0.4, -0.2) is 39.6 Å². The van der Waals surface area contributed by atoms with Gasteiger partial charge in [-0.15, -0.1) is 0 Å². The van der Waals surface area contributed by atoms with Crippen LogP contribution in [0.3, 0.4) is 0 Å². The van der Waals surface area contributed by atoms with Crippen molar-refractivity contribution < 1.29 is 54.3 Å². The van der Waals surface area contributed by atoms with Crippen LogP contribution in [0, 0.1) is 5.82 Å². The van der Waals surface area contributed by atoms with Gasteiger partial charge >= 0.3 is 21.4 Å². The first kappa shape index (κ1) is 30.7. The number of benzene rings is 3. The van der Waals surface area contributed by atoms with Crippen molar-refractivity contribution in [3.05, 3.63) is 83.7 Å². The molecule has 0 aliphatic carbocycles. The molecule has 0 spiro atoms. The third-order valence-corrected chi connectivity index (χ3v) is 12.2. The standard InChI is InChI=1S/C28H28F4O8P2/c29-25-19-22(27(41(33)37-13-1-14-38-41)42(34)39-15-2-16-40-42)7-12-26(25)36-18-17-35-24-10-5-21(6-11-24)20-3-8-23(9-4-20)28(30,31)32/h3-12,19,27H,1-2,13-18H2. The molecule has 0 atom stereocenters. The summed E-state index contributed by atoms with van der Waals surface area (Å²) in [5, 5.41) is -1.44. The molecule has 3 aromatic rings. The molecular formula is C28H28F4O8P2. The summed E-state index contributed by atoms with van der Waals surface area (Å²) < 4.78 is 113. The van der Waals surface area contributed by atoms with Crippen molar-refractivity contribution in [1.29, 1.82) is 0 Å². The van der Waals surface area contributed by atoms with Gasteiger partial charge in [0.05, 0.1) is 32.0 Å². The van der Waals surface area contributed by atoms with E-state index in [-0.39, 0.29) is 51.0 Å². The summed E-state index contributed by atoms with van der Waals surface area (Å²) in [5.74, 6) is -0.404. The zero-order valence-corrected chi connectivity index (χ0v) is 24.0. The third-order valence-electron chi connectivity index (χ3n) is 6.52. The molecule has 42 heavy (non-hydrogen) atoms. The van der Waals surface area contributed by atoms with Gasteiger partial charge in [-0.3, -0.25) is 9.13 Å². The number of ether oxygens (including phenoxy) is 2. The molecule has 2 aliphatic heterocycles. The van der Waals surface area contributed by atoms with E-state index in [4.69, 9.17) is 27.6 Å². The maximum Gasteiger partial charge on any atom is 0.416 e. The second-order valence-electron chi connectivity index (χ2n) is 9.48. The Kier molecular flexibility index (Phi) is 9.42. The van der Waals surface area contributed by atoms with Crippen LogP contribution in [0.2, 0.25) is 0 Å². The molecule has 226 valence electrons. The molecule has 2 saturated heterocycles. The normalized spacial score (nSPS) is 18.5. The monoisotopic (exact) mass is 630 g/mol. The Morgan fingerprint density at radius 1 is 0.714 bits per heavy atom. The van der Waals surface area contributed by atoms with Crippen LogP contribution in [0.25, 0.3) is 11.1 Å². The Balaban J connectivity index is 1.19. The Bertz CT molecular complexity index is 1410. The fraction of sp³-hybridized carbons (Fsp3) is 0.357. The molecule has 2 heterocycles. The van der Waals surface area contributed by atoms with Crippen molar-refractivity contribution in [2.24, 2.45) is 0 Å².